The van der Waals surface area contributed by atoms with Crippen molar-refractivity contribution in [1.82, 2.24) is 9.97 Å². The summed E-state index contributed by atoms with van der Waals surface area (Å²) in [5.74, 6) is -0.694. The number of aromatic amines is 1. The van der Waals surface area contributed by atoms with Crippen molar-refractivity contribution in [3.63, 3.8) is 0 Å². The van der Waals surface area contributed by atoms with Crippen molar-refractivity contribution in [2.75, 3.05) is 6.61 Å². The maximum atomic E-state index is 12.1. The molecule has 0 saturated heterocycles. The molecule has 3 rings (SSSR count). The summed E-state index contributed by atoms with van der Waals surface area (Å²) in [6.07, 6.45) is 0.877. The van der Waals surface area contributed by atoms with E-state index in [9.17, 15) is 15.2 Å². The van der Waals surface area contributed by atoms with Crippen molar-refractivity contribution in [2.45, 2.75) is 13.3 Å². The lowest BCUT2D eigenvalue weighted by molar-refractivity contribution is 0.0503. The number of ether oxygens (including phenoxy) is 1. The van der Waals surface area contributed by atoms with Crippen LogP contribution >= 0.6 is 0 Å². The number of esters is 1. The van der Waals surface area contributed by atoms with Gasteiger partial charge < -0.3 is 14.8 Å². The number of hydrogen-bond donors (Lipinski definition) is 2. The molecule has 0 aliphatic heterocycles. The topological polar surface area (TPSA) is 99.0 Å². The molecule has 3 aromatic rings. The number of aromatic nitrogens is 2. The van der Waals surface area contributed by atoms with E-state index < -0.39 is 12.6 Å². The molecule has 0 atom stereocenters. The summed E-state index contributed by atoms with van der Waals surface area (Å²) < 4.78 is 5.10. The number of benzene rings is 2. The van der Waals surface area contributed by atoms with Gasteiger partial charge in [-0.15, -0.1) is 0 Å². The van der Waals surface area contributed by atoms with Gasteiger partial charge in [0.15, 0.2) is 11.6 Å². The number of carbonyl (C=O) groups is 1. The average molecular weight is 347 g/mol. The molecule has 1 aromatic heterocycles. The van der Waals surface area contributed by atoms with Crippen LogP contribution in [0.1, 0.15) is 28.7 Å². The number of aliphatic hydroxyl groups is 1. The maximum Gasteiger partial charge on any atom is 0.338 e. The summed E-state index contributed by atoms with van der Waals surface area (Å²) in [6.45, 7) is 1.62. The molecule has 26 heavy (non-hydrogen) atoms. The van der Waals surface area contributed by atoms with Gasteiger partial charge in [0.05, 0.1) is 16.6 Å². The van der Waals surface area contributed by atoms with E-state index in [0.29, 0.717) is 11.1 Å². The first-order chi connectivity index (χ1) is 12.6. The molecule has 0 unspecified atom stereocenters. The molecule has 1 heterocycles. The van der Waals surface area contributed by atoms with E-state index >= 15 is 0 Å². The summed E-state index contributed by atoms with van der Waals surface area (Å²) in [5.41, 5.74) is 2.86. The Bertz CT molecular complexity index is 978. The normalized spacial score (nSPS) is 11.7. The maximum absolute atomic E-state index is 12.1. The van der Waals surface area contributed by atoms with Crippen LogP contribution in [0.25, 0.3) is 16.6 Å². The lowest BCUT2D eigenvalue weighted by atomic mass is 10.1. The zero-order valence-electron chi connectivity index (χ0n) is 14.2. The van der Waals surface area contributed by atoms with Crippen molar-refractivity contribution in [1.29, 1.82) is 5.26 Å². The van der Waals surface area contributed by atoms with Gasteiger partial charge in [-0.1, -0.05) is 31.2 Å². The number of aryl methyl sites for hydroxylation is 1. The Kier molecular flexibility index (Phi) is 4.99. The number of hydrogen-bond acceptors (Lipinski definition) is 5. The smallest absolute Gasteiger partial charge is 0.338 e. The number of aliphatic hydroxyl groups excluding tert-OH is 1. The van der Waals surface area contributed by atoms with Crippen molar-refractivity contribution >= 4 is 22.6 Å². The molecule has 0 aliphatic carbocycles. The number of imidazole rings is 1. The van der Waals surface area contributed by atoms with E-state index in [2.05, 4.69) is 9.97 Å². The second kappa shape index (κ2) is 7.53. The van der Waals surface area contributed by atoms with Gasteiger partial charge in [-0.05, 0) is 36.2 Å². The van der Waals surface area contributed by atoms with Crippen LogP contribution in [0.2, 0.25) is 0 Å². The van der Waals surface area contributed by atoms with Crippen LogP contribution < -0.4 is 0 Å². The first-order valence-corrected chi connectivity index (χ1v) is 8.15. The number of para-hydroxylation sites is 2. The molecule has 2 N–H and O–H groups in total. The second-order valence-electron chi connectivity index (χ2n) is 5.66. The zero-order valence-corrected chi connectivity index (χ0v) is 14.2. The number of carbonyl (C=O) groups excluding carboxylic acids is 1. The molecule has 0 bridgehead atoms. The van der Waals surface area contributed by atoms with Crippen LogP contribution in [0.15, 0.2) is 54.3 Å². The van der Waals surface area contributed by atoms with Gasteiger partial charge in [-0.2, -0.15) is 5.26 Å². The predicted molar refractivity (Wildman–Crippen MR) is 97.4 cm³/mol. The number of nitrogens with one attached hydrogen (secondary N) is 1. The molecule has 6 nitrogen and oxygen atoms in total. The van der Waals surface area contributed by atoms with Crippen LogP contribution in [-0.2, 0) is 11.2 Å². The molecule has 0 amide bonds. The third-order valence-corrected chi connectivity index (χ3v) is 3.96. The molecule has 0 aliphatic rings. The van der Waals surface area contributed by atoms with Crippen LogP contribution in [0.5, 0.6) is 0 Å². The van der Waals surface area contributed by atoms with E-state index in [4.69, 9.17) is 4.74 Å². The highest BCUT2D eigenvalue weighted by Gasteiger charge is 2.15. The third kappa shape index (κ3) is 3.57. The number of rotatable bonds is 5. The molecule has 2 aromatic carbocycles. The van der Waals surface area contributed by atoms with E-state index in [0.717, 1.165) is 17.5 Å². The summed E-state index contributed by atoms with van der Waals surface area (Å²) in [4.78, 5) is 19.3. The molecule has 0 saturated carbocycles. The monoisotopic (exact) mass is 347 g/mol. The second-order valence-corrected chi connectivity index (χ2v) is 5.66. The first kappa shape index (κ1) is 17.2. The molecular weight excluding hydrogens is 330 g/mol. The van der Waals surface area contributed by atoms with Crippen LogP contribution in [0.3, 0.4) is 0 Å². The standard InChI is InChI=1S/C20H17N3O3/c1-2-13-7-9-14(10-8-13)20(25)26-12-18(24)15(11-21)19-22-16-5-3-4-6-17(16)23-19/h3-10,24H,2,12H2,1H3,(H,22,23)/b18-15-. The average Bonchev–Trinajstić information content (AvgIpc) is 3.10. The summed E-state index contributed by atoms with van der Waals surface area (Å²) >= 11 is 0. The van der Waals surface area contributed by atoms with E-state index in [1.54, 1.807) is 18.2 Å². The molecule has 130 valence electrons. The quantitative estimate of drug-likeness (QED) is 0.416. The van der Waals surface area contributed by atoms with E-state index in [-0.39, 0.29) is 17.2 Å². The van der Waals surface area contributed by atoms with Crippen molar-refractivity contribution < 1.29 is 14.6 Å². The number of allylic oxidation sites excluding steroid dienone is 1. The fraction of sp³-hybridized carbons (Fsp3) is 0.150. The Labute approximate surface area is 150 Å². The lowest BCUT2D eigenvalue weighted by Crippen LogP contribution is -2.09. The minimum atomic E-state index is -0.568. The Morgan fingerprint density at radius 1 is 1.23 bits per heavy atom. The number of nitrogens with zero attached hydrogens (tertiary/aromatic N) is 2. The number of H-pyrrole nitrogens is 1. The SMILES string of the molecule is CCc1ccc(C(=O)OC/C(O)=C(\C#N)c2nc3ccccc3[nH]2)cc1. The number of fused-ring (bicyclic) bond motifs is 1. The molecule has 0 fully saturated rings. The minimum Gasteiger partial charge on any atom is -0.507 e. The molecule has 0 radical (unpaired) electrons. The third-order valence-electron chi connectivity index (χ3n) is 3.96. The minimum absolute atomic E-state index is 0.0599. The van der Waals surface area contributed by atoms with Gasteiger partial charge in [-0.25, -0.2) is 9.78 Å². The van der Waals surface area contributed by atoms with Crippen molar-refractivity contribution in [3.8, 4) is 6.07 Å². The van der Waals surface area contributed by atoms with Crippen molar-refractivity contribution in [2.24, 2.45) is 0 Å². The van der Waals surface area contributed by atoms with Gasteiger partial charge in [0.2, 0.25) is 0 Å². The highest BCUT2D eigenvalue weighted by atomic mass is 16.5. The lowest BCUT2D eigenvalue weighted by Gasteiger charge is -2.06. The fourth-order valence-electron chi connectivity index (χ4n) is 2.49. The van der Waals surface area contributed by atoms with Gasteiger partial charge in [0.25, 0.3) is 0 Å². The Hall–Kier alpha value is -3.59. The van der Waals surface area contributed by atoms with Crippen molar-refractivity contribution in [3.05, 3.63) is 71.2 Å². The summed E-state index contributed by atoms with van der Waals surface area (Å²) in [5, 5.41) is 19.5. The molecular formula is C20H17N3O3. The van der Waals surface area contributed by atoms with Gasteiger partial charge in [0.1, 0.15) is 18.2 Å². The predicted octanol–water partition coefficient (Wildman–Crippen LogP) is 3.77. The molecule has 6 heteroatoms. The highest BCUT2D eigenvalue weighted by molar-refractivity contribution is 5.89. The first-order valence-electron chi connectivity index (χ1n) is 8.15. The zero-order chi connectivity index (χ0) is 18.5. The Balaban J connectivity index is 1.76. The van der Waals surface area contributed by atoms with Gasteiger partial charge in [-0.3, -0.25) is 0 Å². The van der Waals surface area contributed by atoms with Gasteiger partial charge >= 0.3 is 5.97 Å². The fourth-order valence-corrected chi connectivity index (χ4v) is 2.49. The van der Waals surface area contributed by atoms with E-state index in [1.807, 2.05) is 43.3 Å². The van der Waals surface area contributed by atoms with Gasteiger partial charge in [0, 0.05) is 0 Å². The Morgan fingerprint density at radius 2 is 1.96 bits per heavy atom. The number of nitriles is 1. The van der Waals surface area contributed by atoms with Crippen LogP contribution in [-0.4, -0.2) is 27.7 Å². The van der Waals surface area contributed by atoms with E-state index in [1.165, 1.54) is 0 Å². The summed E-state index contributed by atoms with van der Waals surface area (Å²) in [7, 11) is 0. The van der Waals surface area contributed by atoms with Crippen LogP contribution in [0, 0.1) is 11.3 Å². The van der Waals surface area contributed by atoms with Crippen LogP contribution in [0.4, 0.5) is 0 Å². The summed E-state index contributed by atoms with van der Waals surface area (Å²) in [6, 6.07) is 16.2. The highest BCUT2D eigenvalue weighted by Crippen LogP contribution is 2.19. The Morgan fingerprint density at radius 3 is 2.62 bits per heavy atom. The molecule has 0 spiro atoms. The largest absolute Gasteiger partial charge is 0.507 e.